The summed E-state index contributed by atoms with van der Waals surface area (Å²) < 4.78 is 11.2. The number of nitrogens with one attached hydrogen (secondary N) is 1. The summed E-state index contributed by atoms with van der Waals surface area (Å²) in [5.41, 5.74) is 1.14. The largest absolute Gasteiger partial charge is 0.389 e. The normalized spacial score (nSPS) is 21.9. The molecule has 0 aliphatic carbocycles. The summed E-state index contributed by atoms with van der Waals surface area (Å²) in [6.45, 7) is 5.57. The van der Waals surface area contributed by atoms with Crippen LogP contribution in [0.25, 0.3) is 0 Å². The number of aliphatic hydroxyl groups is 1. The Balaban J connectivity index is 1.57. The van der Waals surface area contributed by atoms with Gasteiger partial charge in [0.1, 0.15) is 0 Å². The van der Waals surface area contributed by atoms with Gasteiger partial charge in [-0.2, -0.15) is 0 Å². The molecule has 1 saturated heterocycles. The third kappa shape index (κ3) is 6.14. The van der Waals surface area contributed by atoms with E-state index in [2.05, 4.69) is 5.32 Å². The molecule has 4 heteroatoms. The molecule has 1 aliphatic heterocycles. The topological polar surface area (TPSA) is 50.7 Å². The van der Waals surface area contributed by atoms with E-state index in [0.717, 1.165) is 31.7 Å². The van der Waals surface area contributed by atoms with Crippen molar-refractivity contribution in [2.24, 2.45) is 5.92 Å². The smallest absolute Gasteiger partial charge is 0.0897 e. The molecule has 1 fully saturated rings. The molecule has 4 nitrogen and oxygen atoms in total. The van der Waals surface area contributed by atoms with Crippen molar-refractivity contribution in [2.45, 2.75) is 32.0 Å². The van der Waals surface area contributed by atoms with Crippen molar-refractivity contribution >= 4 is 0 Å². The lowest BCUT2D eigenvalue weighted by atomic mass is 10.0. The van der Waals surface area contributed by atoms with Crippen molar-refractivity contribution < 1.29 is 14.6 Å². The van der Waals surface area contributed by atoms with Crippen LogP contribution in [0.3, 0.4) is 0 Å². The highest BCUT2D eigenvalue weighted by Crippen LogP contribution is 2.16. The number of hydrogen-bond acceptors (Lipinski definition) is 4. The molecule has 118 valence electrons. The fraction of sp³-hybridized carbons (Fsp3) is 0.647. The number of ether oxygens (including phenoxy) is 2. The summed E-state index contributed by atoms with van der Waals surface area (Å²) in [5, 5.41) is 13.3. The van der Waals surface area contributed by atoms with Gasteiger partial charge in [-0.25, -0.2) is 0 Å². The predicted molar refractivity (Wildman–Crippen MR) is 83.2 cm³/mol. The Labute approximate surface area is 127 Å². The molecule has 2 N–H and O–H groups in total. The van der Waals surface area contributed by atoms with Crippen LogP contribution in [-0.2, 0) is 9.47 Å². The molecule has 21 heavy (non-hydrogen) atoms. The van der Waals surface area contributed by atoms with Crippen LogP contribution in [0.1, 0.15) is 31.4 Å². The van der Waals surface area contributed by atoms with Gasteiger partial charge >= 0.3 is 0 Å². The van der Waals surface area contributed by atoms with E-state index in [1.807, 2.05) is 37.3 Å². The zero-order valence-electron chi connectivity index (χ0n) is 12.8. The van der Waals surface area contributed by atoms with Crippen LogP contribution in [0, 0.1) is 5.92 Å². The van der Waals surface area contributed by atoms with E-state index in [9.17, 15) is 5.11 Å². The number of aliphatic hydroxyl groups excluding tert-OH is 1. The van der Waals surface area contributed by atoms with Crippen molar-refractivity contribution in [3.05, 3.63) is 35.9 Å². The number of hydrogen-bond donors (Lipinski definition) is 2. The third-order valence-electron chi connectivity index (χ3n) is 3.88. The van der Waals surface area contributed by atoms with Crippen LogP contribution >= 0.6 is 0 Å². The van der Waals surface area contributed by atoms with E-state index in [1.165, 1.54) is 6.42 Å². The second kappa shape index (κ2) is 9.15. The fourth-order valence-corrected chi connectivity index (χ4v) is 2.56. The monoisotopic (exact) mass is 293 g/mol. The van der Waals surface area contributed by atoms with Gasteiger partial charge in [0, 0.05) is 19.7 Å². The molecule has 2 rings (SSSR count). The predicted octanol–water partition coefficient (Wildman–Crippen LogP) is 2.14. The lowest BCUT2D eigenvalue weighted by molar-refractivity contribution is -0.00344. The first kappa shape index (κ1) is 16.4. The minimum atomic E-state index is -0.472. The summed E-state index contributed by atoms with van der Waals surface area (Å²) >= 11 is 0. The van der Waals surface area contributed by atoms with Gasteiger partial charge < -0.3 is 19.9 Å². The molecule has 0 saturated carbocycles. The molecule has 1 heterocycles. The van der Waals surface area contributed by atoms with E-state index in [0.29, 0.717) is 19.1 Å². The Morgan fingerprint density at radius 3 is 2.90 bits per heavy atom. The van der Waals surface area contributed by atoms with Crippen LogP contribution in [-0.4, -0.2) is 44.1 Å². The first-order valence-corrected chi connectivity index (χ1v) is 7.88. The second-order valence-electron chi connectivity index (χ2n) is 5.78. The van der Waals surface area contributed by atoms with E-state index < -0.39 is 6.10 Å². The summed E-state index contributed by atoms with van der Waals surface area (Å²) in [6.07, 6.45) is 1.89. The standard InChI is InChI=1S/C17H27NO3/c1-14(16-7-3-2-4-8-16)21-13-17(19)11-18-10-15-6-5-9-20-12-15/h2-4,7-8,14-15,17-19H,5-6,9-13H2,1H3. The highest BCUT2D eigenvalue weighted by molar-refractivity contribution is 5.16. The van der Waals surface area contributed by atoms with Crippen molar-refractivity contribution in [1.82, 2.24) is 5.32 Å². The van der Waals surface area contributed by atoms with E-state index in [4.69, 9.17) is 9.47 Å². The molecular weight excluding hydrogens is 266 g/mol. The van der Waals surface area contributed by atoms with Crippen molar-refractivity contribution in [3.8, 4) is 0 Å². The van der Waals surface area contributed by atoms with Crippen LogP contribution in [0.2, 0.25) is 0 Å². The molecular formula is C17H27NO3. The minimum Gasteiger partial charge on any atom is -0.389 e. The maximum Gasteiger partial charge on any atom is 0.0897 e. The van der Waals surface area contributed by atoms with Gasteiger partial charge in [0.05, 0.1) is 25.4 Å². The number of benzene rings is 1. The zero-order chi connectivity index (χ0) is 14.9. The van der Waals surface area contributed by atoms with Crippen molar-refractivity contribution in [1.29, 1.82) is 0 Å². The van der Waals surface area contributed by atoms with E-state index in [1.54, 1.807) is 0 Å². The third-order valence-corrected chi connectivity index (χ3v) is 3.88. The molecule has 0 bridgehead atoms. The molecule has 3 atom stereocenters. The van der Waals surface area contributed by atoms with Crippen LogP contribution < -0.4 is 5.32 Å². The van der Waals surface area contributed by atoms with Crippen molar-refractivity contribution in [3.63, 3.8) is 0 Å². The first-order valence-electron chi connectivity index (χ1n) is 7.88. The van der Waals surface area contributed by atoms with Crippen LogP contribution in [0.5, 0.6) is 0 Å². The van der Waals surface area contributed by atoms with Gasteiger partial charge in [0.2, 0.25) is 0 Å². The molecule has 0 amide bonds. The Hall–Kier alpha value is -0.940. The van der Waals surface area contributed by atoms with Gasteiger partial charge in [0.25, 0.3) is 0 Å². The SMILES string of the molecule is CC(OCC(O)CNCC1CCCOC1)c1ccccc1. The fourth-order valence-electron chi connectivity index (χ4n) is 2.56. The summed E-state index contributed by atoms with van der Waals surface area (Å²) in [6, 6.07) is 10.1. The maximum absolute atomic E-state index is 9.96. The van der Waals surface area contributed by atoms with Gasteiger partial charge in [-0.05, 0) is 31.2 Å². The number of rotatable bonds is 8. The lowest BCUT2D eigenvalue weighted by Gasteiger charge is -2.23. The Kier molecular flexibility index (Phi) is 7.16. The second-order valence-corrected chi connectivity index (χ2v) is 5.78. The van der Waals surface area contributed by atoms with Crippen molar-refractivity contribution in [2.75, 3.05) is 32.9 Å². The average molecular weight is 293 g/mol. The maximum atomic E-state index is 9.96. The Morgan fingerprint density at radius 1 is 1.38 bits per heavy atom. The summed E-state index contributed by atoms with van der Waals surface area (Å²) in [4.78, 5) is 0. The highest BCUT2D eigenvalue weighted by Gasteiger charge is 2.14. The molecule has 1 aliphatic rings. The average Bonchev–Trinajstić information content (AvgIpc) is 2.54. The van der Waals surface area contributed by atoms with Gasteiger partial charge in [-0.1, -0.05) is 30.3 Å². The summed E-state index contributed by atoms with van der Waals surface area (Å²) in [5.74, 6) is 0.579. The van der Waals surface area contributed by atoms with Gasteiger partial charge in [-0.3, -0.25) is 0 Å². The molecule has 1 aromatic carbocycles. The minimum absolute atomic E-state index is 0.00703. The Morgan fingerprint density at radius 2 is 2.19 bits per heavy atom. The lowest BCUT2D eigenvalue weighted by Crippen LogP contribution is -2.36. The summed E-state index contributed by atoms with van der Waals surface area (Å²) in [7, 11) is 0. The van der Waals surface area contributed by atoms with E-state index >= 15 is 0 Å². The quantitative estimate of drug-likeness (QED) is 0.771. The van der Waals surface area contributed by atoms with Crippen LogP contribution in [0.15, 0.2) is 30.3 Å². The molecule has 3 unspecified atom stereocenters. The highest BCUT2D eigenvalue weighted by atomic mass is 16.5. The van der Waals surface area contributed by atoms with Gasteiger partial charge in [-0.15, -0.1) is 0 Å². The molecule has 1 aromatic rings. The molecule has 0 radical (unpaired) electrons. The Bertz CT molecular complexity index is 379. The zero-order valence-corrected chi connectivity index (χ0v) is 12.8. The molecule has 0 spiro atoms. The van der Waals surface area contributed by atoms with Gasteiger partial charge in [0.15, 0.2) is 0 Å². The van der Waals surface area contributed by atoms with E-state index in [-0.39, 0.29) is 6.10 Å². The van der Waals surface area contributed by atoms with Crippen LogP contribution in [0.4, 0.5) is 0 Å². The molecule has 0 aromatic heterocycles. The first-order chi connectivity index (χ1) is 10.3.